The van der Waals surface area contributed by atoms with Crippen LogP contribution in [0.4, 0.5) is 5.69 Å². The largest absolute Gasteiger partial charge is 0.478 e. The number of rotatable bonds is 3. The van der Waals surface area contributed by atoms with Crippen LogP contribution in [0, 0.1) is 0 Å². The Morgan fingerprint density at radius 3 is 2.38 bits per heavy atom. The maximum atomic E-state index is 10.6. The highest BCUT2D eigenvalue weighted by atomic mass is 16.4. The van der Waals surface area contributed by atoms with Gasteiger partial charge in [0.05, 0.1) is 5.56 Å². The molecule has 0 atom stereocenters. The highest BCUT2D eigenvalue weighted by Gasteiger charge is 2.03. The zero-order valence-corrected chi connectivity index (χ0v) is 9.38. The first-order valence-electron chi connectivity index (χ1n) is 4.59. The average molecular weight is 221 g/mol. The van der Waals surface area contributed by atoms with Gasteiger partial charge in [0.2, 0.25) is 0 Å². The number of nitrogens with zero attached hydrogens (tertiary/aromatic N) is 1. The van der Waals surface area contributed by atoms with E-state index in [4.69, 9.17) is 9.90 Å². The van der Waals surface area contributed by atoms with Gasteiger partial charge >= 0.3 is 5.97 Å². The first-order chi connectivity index (χ1) is 7.52. The van der Waals surface area contributed by atoms with Crippen molar-refractivity contribution in [3.8, 4) is 0 Å². The summed E-state index contributed by atoms with van der Waals surface area (Å²) in [5, 5.41) is 8.67. The van der Waals surface area contributed by atoms with E-state index in [2.05, 4.69) is 6.58 Å². The zero-order chi connectivity index (χ0) is 12.6. The molecule has 16 heavy (non-hydrogen) atoms. The number of aromatic carboxylic acids is 1. The van der Waals surface area contributed by atoms with Gasteiger partial charge in [0, 0.05) is 19.8 Å². The molecule has 0 aliphatic rings. The van der Waals surface area contributed by atoms with Gasteiger partial charge in [-0.15, -0.1) is 0 Å². The molecule has 4 nitrogen and oxygen atoms in total. The highest BCUT2D eigenvalue weighted by Crippen LogP contribution is 2.12. The van der Waals surface area contributed by atoms with Gasteiger partial charge in [-0.3, -0.25) is 4.79 Å². The Labute approximate surface area is 94.8 Å². The Hall–Kier alpha value is -2.10. The molecule has 0 aliphatic carbocycles. The van der Waals surface area contributed by atoms with Crippen molar-refractivity contribution in [2.75, 3.05) is 19.0 Å². The molecule has 1 N–H and O–H groups in total. The fraction of sp³-hybridized carbons (Fsp3) is 0.167. The van der Waals surface area contributed by atoms with Crippen molar-refractivity contribution < 1.29 is 14.7 Å². The molecule has 0 aliphatic heterocycles. The van der Waals surface area contributed by atoms with Crippen LogP contribution in [0.15, 0.2) is 36.9 Å². The molecule has 86 valence electrons. The molecule has 0 saturated carbocycles. The SMILES string of the molecule is C=CC=O.CN(C)c1cccc(C(=O)O)c1. The summed E-state index contributed by atoms with van der Waals surface area (Å²) in [5.74, 6) is -0.890. The van der Waals surface area contributed by atoms with Gasteiger partial charge in [0.25, 0.3) is 0 Å². The fourth-order valence-corrected chi connectivity index (χ4v) is 0.917. The minimum Gasteiger partial charge on any atom is -0.478 e. The lowest BCUT2D eigenvalue weighted by molar-refractivity contribution is -0.104. The molecule has 0 fully saturated rings. The lowest BCUT2D eigenvalue weighted by Gasteiger charge is -2.12. The first kappa shape index (κ1) is 13.9. The monoisotopic (exact) mass is 221 g/mol. The summed E-state index contributed by atoms with van der Waals surface area (Å²) in [6, 6.07) is 6.82. The second-order valence-corrected chi connectivity index (χ2v) is 3.12. The van der Waals surface area contributed by atoms with Gasteiger partial charge in [0.1, 0.15) is 6.29 Å². The molecule has 1 aromatic rings. The standard InChI is InChI=1S/C9H11NO2.C3H4O/c1-10(2)8-5-3-4-7(6-8)9(11)12;1-2-3-4/h3-6H,1-2H3,(H,11,12);2-3H,1H2. The van der Waals surface area contributed by atoms with Crippen LogP contribution in [0.1, 0.15) is 10.4 Å². The van der Waals surface area contributed by atoms with Crippen LogP contribution in [0.2, 0.25) is 0 Å². The van der Waals surface area contributed by atoms with Gasteiger partial charge in [-0.1, -0.05) is 12.6 Å². The van der Waals surface area contributed by atoms with Gasteiger partial charge in [-0.05, 0) is 24.3 Å². The first-order valence-corrected chi connectivity index (χ1v) is 4.59. The van der Waals surface area contributed by atoms with Crippen LogP contribution < -0.4 is 4.90 Å². The second kappa shape index (κ2) is 7.23. The molecule has 0 bridgehead atoms. The molecule has 0 heterocycles. The van der Waals surface area contributed by atoms with Crippen molar-refractivity contribution in [1.82, 2.24) is 0 Å². The summed E-state index contributed by atoms with van der Waals surface area (Å²) in [4.78, 5) is 21.5. The summed E-state index contributed by atoms with van der Waals surface area (Å²) in [6.45, 7) is 3.11. The van der Waals surface area contributed by atoms with E-state index in [1.54, 1.807) is 18.2 Å². The van der Waals surface area contributed by atoms with Crippen molar-refractivity contribution in [2.24, 2.45) is 0 Å². The lowest BCUT2D eigenvalue weighted by atomic mass is 10.2. The Kier molecular flexibility index (Phi) is 6.28. The van der Waals surface area contributed by atoms with Crippen LogP contribution in [-0.2, 0) is 4.79 Å². The van der Waals surface area contributed by atoms with E-state index >= 15 is 0 Å². The van der Waals surface area contributed by atoms with Crippen LogP contribution >= 0.6 is 0 Å². The number of anilines is 1. The normalized spacial score (nSPS) is 8.38. The van der Waals surface area contributed by atoms with Gasteiger partial charge in [0.15, 0.2) is 0 Å². The number of hydrogen-bond acceptors (Lipinski definition) is 3. The van der Waals surface area contributed by atoms with Gasteiger partial charge < -0.3 is 10.0 Å². The summed E-state index contributed by atoms with van der Waals surface area (Å²) >= 11 is 0. The molecule has 0 aromatic heterocycles. The Morgan fingerprint density at radius 1 is 1.44 bits per heavy atom. The van der Waals surface area contributed by atoms with E-state index < -0.39 is 5.97 Å². The predicted molar refractivity (Wildman–Crippen MR) is 64.0 cm³/mol. The molecule has 0 amide bonds. The van der Waals surface area contributed by atoms with Crippen LogP contribution in [0.5, 0.6) is 0 Å². The number of aldehydes is 1. The molecule has 0 saturated heterocycles. The van der Waals surface area contributed by atoms with Crippen molar-refractivity contribution in [3.63, 3.8) is 0 Å². The minimum absolute atomic E-state index is 0.321. The van der Waals surface area contributed by atoms with Gasteiger partial charge in [-0.25, -0.2) is 4.79 Å². The summed E-state index contributed by atoms with van der Waals surface area (Å²) < 4.78 is 0. The Bertz CT molecular complexity index is 366. The third-order valence-corrected chi connectivity index (χ3v) is 1.71. The van der Waals surface area contributed by atoms with E-state index in [-0.39, 0.29) is 0 Å². The van der Waals surface area contributed by atoms with E-state index in [9.17, 15) is 4.79 Å². The van der Waals surface area contributed by atoms with Gasteiger partial charge in [-0.2, -0.15) is 0 Å². The lowest BCUT2D eigenvalue weighted by Crippen LogP contribution is -2.09. The molecule has 0 spiro atoms. The van der Waals surface area contributed by atoms with E-state index in [1.807, 2.05) is 25.1 Å². The van der Waals surface area contributed by atoms with Crippen molar-refractivity contribution in [1.29, 1.82) is 0 Å². The Morgan fingerprint density at radius 2 is 2.00 bits per heavy atom. The summed E-state index contributed by atoms with van der Waals surface area (Å²) in [5.41, 5.74) is 1.22. The van der Waals surface area contributed by atoms with Crippen molar-refractivity contribution in [3.05, 3.63) is 42.5 Å². The number of carbonyl (C=O) groups is 2. The third kappa shape index (κ3) is 4.95. The van der Waals surface area contributed by atoms with E-state index in [0.29, 0.717) is 11.8 Å². The number of carboxylic acid groups (broad SMARTS) is 1. The second-order valence-electron chi connectivity index (χ2n) is 3.12. The molecule has 0 unspecified atom stereocenters. The van der Waals surface area contributed by atoms with E-state index in [0.717, 1.165) is 5.69 Å². The fourth-order valence-electron chi connectivity index (χ4n) is 0.917. The molecular formula is C12H15NO3. The molecule has 0 radical (unpaired) electrons. The van der Waals surface area contributed by atoms with Crippen molar-refractivity contribution in [2.45, 2.75) is 0 Å². The number of carbonyl (C=O) groups excluding carboxylic acids is 1. The summed E-state index contributed by atoms with van der Waals surface area (Å²) in [6.07, 6.45) is 1.83. The summed E-state index contributed by atoms with van der Waals surface area (Å²) in [7, 11) is 3.75. The topological polar surface area (TPSA) is 57.6 Å². The van der Waals surface area contributed by atoms with Crippen LogP contribution in [0.3, 0.4) is 0 Å². The molecule has 4 heteroatoms. The maximum Gasteiger partial charge on any atom is 0.335 e. The Balaban J connectivity index is 0.000000487. The zero-order valence-electron chi connectivity index (χ0n) is 9.38. The predicted octanol–water partition coefficient (Wildman–Crippen LogP) is 1.82. The molecule has 1 aromatic carbocycles. The maximum absolute atomic E-state index is 10.6. The number of benzene rings is 1. The third-order valence-electron chi connectivity index (χ3n) is 1.71. The highest BCUT2D eigenvalue weighted by molar-refractivity contribution is 5.88. The molecular weight excluding hydrogens is 206 g/mol. The van der Waals surface area contributed by atoms with Crippen LogP contribution in [0.25, 0.3) is 0 Å². The number of carboxylic acids is 1. The number of allylic oxidation sites excluding steroid dienone is 1. The van der Waals surface area contributed by atoms with E-state index in [1.165, 1.54) is 6.08 Å². The molecule has 1 rings (SSSR count). The van der Waals surface area contributed by atoms with Crippen molar-refractivity contribution >= 4 is 17.9 Å². The smallest absolute Gasteiger partial charge is 0.335 e. The number of hydrogen-bond donors (Lipinski definition) is 1. The van der Waals surface area contributed by atoms with Crippen LogP contribution in [-0.4, -0.2) is 31.5 Å². The minimum atomic E-state index is -0.890. The quantitative estimate of drug-likeness (QED) is 0.624. The average Bonchev–Trinajstić information content (AvgIpc) is 2.29.